The molecule has 1 aliphatic rings. The summed E-state index contributed by atoms with van der Waals surface area (Å²) in [5.74, 6) is -1.84. The third kappa shape index (κ3) is 3.70. The number of nitrogens with zero attached hydrogens (tertiary/aromatic N) is 3. The molecule has 0 unspecified atom stereocenters. The van der Waals surface area contributed by atoms with Gasteiger partial charge in [0.05, 0.1) is 4.92 Å². The van der Waals surface area contributed by atoms with Gasteiger partial charge in [0.25, 0.3) is 11.6 Å². The van der Waals surface area contributed by atoms with Gasteiger partial charge in [-0.3, -0.25) is 14.9 Å². The van der Waals surface area contributed by atoms with E-state index in [0.717, 1.165) is 12.8 Å². The van der Waals surface area contributed by atoms with Gasteiger partial charge in [-0.2, -0.15) is 0 Å². The Bertz CT molecular complexity index is 773. The first-order valence-electron chi connectivity index (χ1n) is 7.34. The van der Waals surface area contributed by atoms with Gasteiger partial charge >= 0.3 is 0 Å². The highest BCUT2D eigenvalue weighted by atomic mass is 32.2. The van der Waals surface area contributed by atoms with Crippen LogP contribution in [0.5, 0.6) is 0 Å². The van der Waals surface area contributed by atoms with Crippen LogP contribution in [0.1, 0.15) is 17.3 Å². The fourth-order valence-corrected chi connectivity index (χ4v) is 3.33. The van der Waals surface area contributed by atoms with Crippen molar-refractivity contribution in [2.75, 3.05) is 39.0 Å². The Labute approximate surface area is 138 Å². The quantitative estimate of drug-likeness (QED) is 0.585. The largest absolute Gasteiger partial charge is 0.336 e. The van der Waals surface area contributed by atoms with Gasteiger partial charge < -0.3 is 9.80 Å². The van der Waals surface area contributed by atoms with E-state index >= 15 is 0 Å². The number of hydrogen-bond acceptors (Lipinski definition) is 6. The SMILES string of the molecule is CCN1CCN(C(=O)c2cc(F)c(S(C)(=O)=O)cc2[N+](=O)[O-])CC1. The third-order valence-electron chi connectivity index (χ3n) is 3.98. The minimum atomic E-state index is -3.98. The van der Waals surface area contributed by atoms with Gasteiger partial charge in [0.2, 0.25) is 0 Å². The molecule has 1 heterocycles. The minimum Gasteiger partial charge on any atom is -0.336 e. The molecule has 1 saturated heterocycles. The average Bonchev–Trinajstić information content (AvgIpc) is 2.52. The molecule has 8 nitrogen and oxygen atoms in total. The molecular weight excluding hydrogens is 341 g/mol. The lowest BCUT2D eigenvalue weighted by atomic mass is 10.1. The number of sulfone groups is 1. The maximum Gasteiger partial charge on any atom is 0.283 e. The maximum absolute atomic E-state index is 14.1. The van der Waals surface area contributed by atoms with Crippen LogP contribution in [0.3, 0.4) is 0 Å². The number of carbonyl (C=O) groups is 1. The van der Waals surface area contributed by atoms with Gasteiger partial charge in [-0.25, -0.2) is 12.8 Å². The molecule has 0 aromatic heterocycles. The molecule has 1 aromatic carbocycles. The van der Waals surface area contributed by atoms with E-state index in [1.807, 2.05) is 6.92 Å². The van der Waals surface area contributed by atoms with Crippen LogP contribution < -0.4 is 0 Å². The Morgan fingerprint density at radius 1 is 1.29 bits per heavy atom. The molecule has 0 saturated carbocycles. The summed E-state index contributed by atoms with van der Waals surface area (Å²) in [5.41, 5.74) is -1.14. The second-order valence-electron chi connectivity index (χ2n) is 5.56. The molecule has 2 rings (SSSR count). The zero-order chi connectivity index (χ0) is 18.1. The molecule has 10 heteroatoms. The molecule has 1 fully saturated rings. The number of halogens is 1. The van der Waals surface area contributed by atoms with Crippen LogP contribution in [0.15, 0.2) is 17.0 Å². The third-order valence-corrected chi connectivity index (χ3v) is 5.10. The molecule has 132 valence electrons. The summed E-state index contributed by atoms with van der Waals surface area (Å²) in [4.78, 5) is 25.6. The van der Waals surface area contributed by atoms with E-state index in [9.17, 15) is 27.7 Å². The Morgan fingerprint density at radius 2 is 1.88 bits per heavy atom. The predicted octanol–water partition coefficient (Wildman–Crippen LogP) is 0.915. The van der Waals surface area contributed by atoms with E-state index in [4.69, 9.17) is 0 Å². The first-order chi connectivity index (χ1) is 11.1. The van der Waals surface area contributed by atoms with E-state index in [2.05, 4.69) is 4.90 Å². The number of benzene rings is 1. The number of carbonyl (C=O) groups excluding carboxylic acids is 1. The topological polar surface area (TPSA) is 101 Å². The van der Waals surface area contributed by atoms with Crippen LogP contribution in [0.4, 0.5) is 10.1 Å². The van der Waals surface area contributed by atoms with Gasteiger partial charge in [-0.05, 0) is 12.6 Å². The molecule has 0 radical (unpaired) electrons. The van der Waals surface area contributed by atoms with Crippen molar-refractivity contribution in [2.45, 2.75) is 11.8 Å². The van der Waals surface area contributed by atoms with Crippen molar-refractivity contribution in [2.24, 2.45) is 0 Å². The lowest BCUT2D eigenvalue weighted by Gasteiger charge is -2.34. The second kappa shape index (κ2) is 6.81. The number of nitro groups is 1. The lowest BCUT2D eigenvalue weighted by Crippen LogP contribution is -2.48. The zero-order valence-corrected chi connectivity index (χ0v) is 14.2. The molecule has 0 atom stereocenters. The monoisotopic (exact) mass is 359 g/mol. The van der Waals surface area contributed by atoms with E-state index in [1.54, 1.807) is 0 Å². The Hall–Kier alpha value is -2.07. The number of rotatable bonds is 4. The molecule has 0 N–H and O–H groups in total. The van der Waals surface area contributed by atoms with E-state index in [0.29, 0.717) is 38.3 Å². The average molecular weight is 359 g/mol. The molecule has 0 spiro atoms. The maximum atomic E-state index is 14.1. The number of nitro benzene ring substituents is 1. The van der Waals surface area contributed by atoms with Gasteiger partial charge in [0.15, 0.2) is 9.84 Å². The smallest absolute Gasteiger partial charge is 0.283 e. The highest BCUT2D eigenvalue weighted by molar-refractivity contribution is 7.90. The highest BCUT2D eigenvalue weighted by Crippen LogP contribution is 2.27. The van der Waals surface area contributed by atoms with Crippen molar-refractivity contribution in [1.29, 1.82) is 0 Å². The van der Waals surface area contributed by atoms with Crippen LogP contribution in [0.2, 0.25) is 0 Å². The van der Waals surface area contributed by atoms with Gasteiger partial charge in [0.1, 0.15) is 16.3 Å². The summed E-state index contributed by atoms with van der Waals surface area (Å²) in [6, 6.07) is 1.25. The molecule has 0 aliphatic carbocycles. The molecule has 24 heavy (non-hydrogen) atoms. The van der Waals surface area contributed by atoms with Crippen LogP contribution in [-0.4, -0.2) is 68.0 Å². The Balaban J connectivity index is 2.41. The fourth-order valence-electron chi connectivity index (χ4n) is 2.59. The summed E-state index contributed by atoms with van der Waals surface area (Å²) in [5, 5.41) is 11.2. The highest BCUT2D eigenvalue weighted by Gasteiger charge is 2.30. The number of likely N-dealkylation sites (N-methyl/N-ethyl adjacent to an activating group) is 1. The fraction of sp³-hybridized carbons (Fsp3) is 0.500. The normalized spacial score (nSPS) is 16.2. The molecule has 1 amide bonds. The van der Waals surface area contributed by atoms with Crippen molar-refractivity contribution in [1.82, 2.24) is 9.80 Å². The number of piperazine rings is 1. The minimum absolute atomic E-state index is 0.374. The predicted molar refractivity (Wildman–Crippen MR) is 84.2 cm³/mol. The van der Waals surface area contributed by atoms with Crippen molar-refractivity contribution in [3.05, 3.63) is 33.6 Å². The van der Waals surface area contributed by atoms with E-state index in [1.165, 1.54) is 4.90 Å². The van der Waals surface area contributed by atoms with E-state index in [-0.39, 0.29) is 0 Å². The summed E-state index contributed by atoms with van der Waals surface area (Å²) in [7, 11) is -3.98. The van der Waals surface area contributed by atoms with E-state index < -0.39 is 42.6 Å². The molecule has 1 aliphatic heterocycles. The summed E-state index contributed by atoms with van der Waals surface area (Å²) in [6.07, 6.45) is 0.751. The van der Waals surface area contributed by atoms with Crippen molar-refractivity contribution in [3.8, 4) is 0 Å². The number of amides is 1. The van der Waals surface area contributed by atoms with Crippen molar-refractivity contribution in [3.63, 3.8) is 0 Å². The summed E-state index contributed by atoms with van der Waals surface area (Å²) >= 11 is 0. The summed E-state index contributed by atoms with van der Waals surface area (Å²) < 4.78 is 37.1. The Morgan fingerprint density at radius 3 is 2.33 bits per heavy atom. The Kier molecular flexibility index (Phi) is 5.19. The van der Waals surface area contributed by atoms with Crippen LogP contribution in [0, 0.1) is 15.9 Å². The molecular formula is C14H18FN3O5S. The molecule has 1 aromatic rings. The van der Waals surface area contributed by atoms with Crippen LogP contribution in [-0.2, 0) is 9.84 Å². The van der Waals surface area contributed by atoms with Gasteiger partial charge in [-0.1, -0.05) is 6.92 Å². The zero-order valence-electron chi connectivity index (χ0n) is 13.4. The number of hydrogen-bond donors (Lipinski definition) is 0. The standard InChI is InChI=1S/C14H18FN3O5S/c1-3-16-4-6-17(7-5-16)14(19)10-8-11(15)13(24(2,22)23)9-12(10)18(20)21/h8-9H,3-7H2,1-2H3. The van der Waals surface area contributed by atoms with Crippen molar-refractivity contribution >= 4 is 21.4 Å². The van der Waals surface area contributed by atoms with Crippen LogP contribution >= 0.6 is 0 Å². The van der Waals surface area contributed by atoms with Crippen molar-refractivity contribution < 1.29 is 22.5 Å². The van der Waals surface area contributed by atoms with Gasteiger partial charge in [-0.15, -0.1) is 0 Å². The first kappa shape index (κ1) is 18.3. The molecule has 0 bridgehead atoms. The lowest BCUT2D eigenvalue weighted by molar-refractivity contribution is -0.385. The van der Waals surface area contributed by atoms with Crippen LogP contribution in [0.25, 0.3) is 0 Å². The summed E-state index contributed by atoms with van der Waals surface area (Å²) in [6.45, 7) is 4.82. The first-order valence-corrected chi connectivity index (χ1v) is 9.24. The second-order valence-corrected chi connectivity index (χ2v) is 7.54. The van der Waals surface area contributed by atoms with Gasteiger partial charge in [0, 0.05) is 38.5 Å².